The molecule has 1 saturated heterocycles. The maximum absolute atomic E-state index is 11.6. The molecule has 2 aliphatic rings. The lowest BCUT2D eigenvalue weighted by molar-refractivity contribution is -0.00390. The highest BCUT2D eigenvalue weighted by Gasteiger charge is 2.32. The Morgan fingerprint density at radius 1 is 1.20 bits per heavy atom. The molecule has 49 heavy (non-hydrogen) atoms. The van der Waals surface area contributed by atoms with Crippen LogP contribution in [0.5, 0.6) is 0 Å². The summed E-state index contributed by atoms with van der Waals surface area (Å²) in [6.07, 6.45) is 7.34. The van der Waals surface area contributed by atoms with E-state index < -0.39 is 17.8 Å². The molecule has 1 aliphatic carbocycles. The maximum atomic E-state index is 11.6. The van der Waals surface area contributed by atoms with Crippen LogP contribution in [0.3, 0.4) is 0 Å². The lowest BCUT2D eigenvalue weighted by Gasteiger charge is -2.31. The van der Waals surface area contributed by atoms with Gasteiger partial charge < -0.3 is 29.6 Å². The number of nitrogens with zero attached hydrogens (tertiary/aromatic N) is 7. The van der Waals surface area contributed by atoms with Gasteiger partial charge in [0.05, 0.1) is 30.4 Å². The van der Waals surface area contributed by atoms with Crippen molar-refractivity contribution in [3.8, 4) is 17.3 Å². The molecule has 2 fully saturated rings. The Morgan fingerprint density at radius 3 is 2.76 bits per heavy atom. The van der Waals surface area contributed by atoms with Crippen molar-refractivity contribution in [1.29, 1.82) is 5.26 Å². The number of carbonyl (C=O) groups excluding carboxylic acids is 1. The SMILES string of the molecule is CCOC(=O)O[C@@H](C)n1nnnc1COC[C@@H](C)NC1CCC(Cc2cc(-c3cccc(NCC4(C#N)CCOCC4)n3)c(C)cn2)CC1. The fraction of sp³-hybridized carbons (Fsp3) is 0.629. The predicted octanol–water partition coefficient (Wildman–Crippen LogP) is 5.16. The van der Waals surface area contributed by atoms with Crippen molar-refractivity contribution in [3.05, 3.63) is 47.5 Å². The Kier molecular flexibility index (Phi) is 12.9. The molecule has 1 aliphatic heterocycles. The van der Waals surface area contributed by atoms with Gasteiger partial charge in [-0.25, -0.2) is 9.78 Å². The van der Waals surface area contributed by atoms with Gasteiger partial charge in [-0.3, -0.25) is 4.98 Å². The van der Waals surface area contributed by atoms with Crippen LogP contribution in [-0.4, -0.2) is 81.4 Å². The molecule has 5 rings (SSSR count). The molecule has 0 spiro atoms. The van der Waals surface area contributed by atoms with E-state index in [1.54, 1.807) is 13.8 Å². The number of nitrogens with one attached hydrogen (secondary N) is 2. The summed E-state index contributed by atoms with van der Waals surface area (Å²) in [5.74, 6) is 1.82. The standard InChI is InChI=1S/C35H49N9O5/c1-5-48-34(45)49-26(4)44-33(41-42-43-44)21-47-20-25(3)39-28-11-9-27(10-12-28)17-29-18-30(24(2)19-37-29)31-7-6-8-32(40-31)38-23-35(22-36)13-15-46-16-14-35/h6-8,18-19,25-28,39H,5,9-17,20-21,23H2,1-4H3,(H,38,40)/t25-,26+,27?,28?/m1/s1. The highest BCUT2D eigenvalue weighted by atomic mass is 16.7. The Hall–Kier alpha value is -4.19. The van der Waals surface area contributed by atoms with Gasteiger partial charge in [0.25, 0.3) is 0 Å². The summed E-state index contributed by atoms with van der Waals surface area (Å²) in [4.78, 5) is 21.3. The summed E-state index contributed by atoms with van der Waals surface area (Å²) in [5, 5.41) is 28.6. The molecule has 0 amide bonds. The van der Waals surface area contributed by atoms with Crippen LogP contribution >= 0.6 is 0 Å². The highest BCUT2D eigenvalue weighted by Crippen LogP contribution is 2.32. The molecule has 1 saturated carbocycles. The number of nitriles is 1. The summed E-state index contributed by atoms with van der Waals surface area (Å²) in [6.45, 7) is 10.3. The largest absolute Gasteiger partial charge is 0.510 e. The number of rotatable bonds is 15. The third-order valence-corrected chi connectivity index (χ3v) is 9.38. The van der Waals surface area contributed by atoms with Crippen molar-refractivity contribution in [2.24, 2.45) is 11.3 Å². The minimum absolute atomic E-state index is 0.153. The number of ether oxygens (including phenoxy) is 4. The maximum Gasteiger partial charge on any atom is 0.510 e. The quantitative estimate of drug-likeness (QED) is 0.203. The van der Waals surface area contributed by atoms with Crippen molar-refractivity contribution in [3.63, 3.8) is 0 Å². The van der Waals surface area contributed by atoms with Crippen molar-refractivity contribution in [2.75, 3.05) is 38.3 Å². The van der Waals surface area contributed by atoms with E-state index in [4.69, 9.17) is 28.9 Å². The van der Waals surface area contributed by atoms with Gasteiger partial charge in [0, 0.05) is 49.3 Å². The van der Waals surface area contributed by atoms with Crippen molar-refractivity contribution < 1.29 is 23.7 Å². The molecule has 3 aromatic rings. The van der Waals surface area contributed by atoms with E-state index in [0.29, 0.717) is 44.1 Å². The van der Waals surface area contributed by atoms with Gasteiger partial charge in [0.15, 0.2) is 12.1 Å². The average Bonchev–Trinajstić information content (AvgIpc) is 3.58. The molecule has 4 heterocycles. The number of pyridine rings is 2. The predicted molar refractivity (Wildman–Crippen MR) is 181 cm³/mol. The minimum Gasteiger partial charge on any atom is -0.435 e. The smallest absolute Gasteiger partial charge is 0.435 e. The van der Waals surface area contributed by atoms with Crippen molar-refractivity contribution >= 4 is 12.0 Å². The fourth-order valence-corrected chi connectivity index (χ4v) is 6.53. The van der Waals surface area contributed by atoms with E-state index in [1.165, 1.54) is 4.68 Å². The van der Waals surface area contributed by atoms with Gasteiger partial charge in [-0.1, -0.05) is 6.07 Å². The first-order valence-corrected chi connectivity index (χ1v) is 17.4. The molecule has 2 atom stereocenters. The molecule has 0 radical (unpaired) electrons. The van der Waals surface area contributed by atoms with Gasteiger partial charge in [-0.05, 0) is 113 Å². The molecule has 0 aromatic carbocycles. The lowest BCUT2D eigenvalue weighted by atomic mass is 9.82. The third kappa shape index (κ3) is 10.2. The number of aryl methyl sites for hydroxylation is 1. The molecule has 3 aromatic heterocycles. The van der Waals surface area contributed by atoms with Crippen LogP contribution in [0.25, 0.3) is 11.3 Å². The second-order valence-corrected chi connectivity index (χ2v) is 13.2. The molecule has 14 heteroatoms. The summed E-state index contributed by atoms with van der Waals surface area (Å²) in [5.41, 5.74) is 3.76. The summed E-state index contributed by atoms with van der Waals surface area (Å²) in [7, 11) is 0. The Bertz CT molecular complexity index is 1550. The van der Waals surface area contributed by atoms with E-state index in [9.17, 15) is 10.1 Å². The lowest BCUT2D eigenvalue weighted by Crippen LogP contribution is -2.41. The van der Waals surface area contributed by atoms with Gasteiger partial charge in [0.2, 0.25) is 0 Å². The van der Waals surface area contributed by atoms with Crippen molar-refractivity contribution in [2.45, 2.75) is 97.6 Å². The normalized spacial score (nSPS) is 20.1. The van der Waals surface area contributed by atoms with Crippen LogP contribution in [0.4, 0.5) is 10.6 Å². The molecule has 14 nitrogen and oxygen atoms in total. The Labute approximate surface area is 288 Å². The molecule has 0 unspecified atom stereocenters. The van der Waals surface area contributed by atoms with Gasteiger partial charge in [-0.15, -0.1) is 5.10 Å². The topological polar surface area (TPSA) is 171 Å². The number of hydrogen-bond donors (Lipinski definition) is 2. The second kappa shape index (κ2) is 17.5. The van der Waals surface area contributed by atoms with Gasteiger partial charge >= 0.3 is 6.16 Å². The van der Waals surface area contributed by atoms with Gasteiger partial charge in [-0.2, -0.15) is 9.94 Å². The highest BCUT2D eigenvalue weighted by molar-refractivity contribution is 5.65. The Balaban J connectivity index is 1.06. The number of hydrogen-bond acceptors (Lipinski definition) is 13. The zero-order valence-electron chi connectivity index (χ0n) is 29.1. The van der Waals surface area contributed by atoms with E-state index in [2.05, 4.69) is 52.1 Å². The molecular weight excluding hydrogens is 626 g/mol. The average molecular weight is 676 g/mol. The Morgan fingerprint density at radius 2 is 2.00 bits per heavy atom. The first kappa shape index (κ1) is 36.1. The van der Waals surface area contributed by atoms with Crippen LogP contribution in [0.2, 0.25) is 0 Å². The zero-order chi connectivity index (χ0) is 34.6. The number of tetrazole rings is 1. The number of carbonyl (C=O) groups is 1. The van der Waals surface area contributed by atoms with Crippen LogP contribution in [0.15, 0.2) is 30.5 Å². The van der Waals surface area contributed by atoms with Crippen LogP contribution in [0, 0.1) is 29.6 Å². The van der Waals surface area contributed by atoms with E-state index in [0.717, 1.165) is 73.3 Å². The summed E-state index contributed by atoms with van der Waals surface area (Å²) < 4.78 is 22.8. The minimum atomic E-state index is -0.769. The van der Waals surface area contributed by atoms with Crippen LogP contribution in [-0.2, 0) is 32.0 Å². The van der Waals surface area contributed by atoms with E-state index in [1.807, 2.05) is 24.4 Å². The first-order valence-electron chi connectivity index (χ1n) is 17.4. The fourth-order valence-electron chi connectivity index (χ4n) is 6.53. The van der Waals surface area contributed by atoms with Crippen LogP contribution in [0.1, 0.15) is 82.6 Å². The summed E-state index contributed by atoms with van der Waals surface area (Å²) >= 11 is 0. The third-order valence-electron chi connectivity index (χ3n) is 9.38. The first-order chi connectivity index (χ1) is 23.8. The number of anilines is 1. The number of aromatic nitrogens is 6. The molecule has 264 valence electrons. The molecule has 0 bridgehead atoms. The zero-order valence-corrected chi connectivity index (χ0v) is 29.1. The monoisotopic (exact) mass is 675 g/mol. The summed E-state index contributed by atoms with van der Waals surface area (Å²) in [6, 6.07) is 11.3. The van der Waals surface area contributed by atoms with Crippen molar-refractivity contribution in [1.82, 2.24) is 35.5 Å². The molecule has 2 N–H and O–H groups in total. The van der Waals surface area contributed by atoms with E-state index in [-0.39, 0.29) is 19.3 Å². The van der Waals surface area contributed by atoms with Crippen LogP contribution < -0.4 is 10.6 Å². The van der Waals surface area contributed by atoms with Gasteiger partial charge in [0.1, 0.15) is 12.4 Å². The van der Waals surface area contributed by atoms with E-state index >= 15 is 0 Å². The second-order valence-electron chi connectivity index (χ2n) is 13.2. The molecular formula is C35H49N9O5.